The van der Waals surface area contributed by atoms with Gasteiger partial charge in [-0.3, -0.25) is 0 Å². The second kappa shape index (κ2) is 14.3. The Bertz CT molecular complexity index is 202. The molecule has 0 unspecified atom stereocenters. The number of allylic oxidation sites excluding steroid dienone is 2. The van der Waals surface area contributed by atoms with Gasteiger partial charge < -0.3 is 0 Å². The van der Waals surface area contributed by atoms with E-state index in [4.69, 9.17) is 0 Å². The van der Waals surface area contributed by atoms with Crippen molar-refractivity contribution in [3.8, 4) is 11.8 Å². The van der Waals surface area contributed by atoms with Crippen LogP contribution in [0.15, 0.2) is 12.2 Å². The highest BCUT2D eigenvalue weighted by molar-refractivity contribution is 5.14. The molecule has 0 aliphatic carbocycles. The molecule has 0 heteroatoms. The van der Waals surface area contributed by atoms with Crippen LogP contribution in [-0.4, -0.2) is 0 Å². The molecule has 0 rings (SSSR count). The van der Waals surface area contributed by atoms with Crippen molar-refractivity contribution in [3.63, 3.8) is 0 Å². The summed E-state index contributed by atoms with van der Waals surface area (Å²) in [7, 11) is 0. The third-order valence-corrected chi connectivity index (χ3v) is 2.68. The fourth-order valence-corrected chi connectivity index (χ4v) is 1.60. The minimum atomic E-state index is 1.07. The highest BCUT2D eigenvalue weighted by Gasteiger charge is 1.84. The van der Waals surface area contributed by atoms with E-state index in [0.29, 0.717) is 0 Å². The van der Waals surface area contributed by atoms with Crippen molar-refractivity contribution < 1.29 is 0 Å². The molecule has 0 aromatic heterocycles. The molecule has 0 amide bonds. The molecular weight excluding hydrogens is 192 g/mol. The first kappa shape index (κ1) is 15.3. The van der Waals surface area contributed by atoms with Crippen LogP contribution in [0.5, 0.6) is 0 Å². The van der Waals surface area contributed by atoms with Crippen LogP contribution >= 0.6 is 0 Å². The second-order valence-electron chi connectivity index (χ2n) is 4.38. The summed E-state index contributed by atoms with van der Waals surface area (Å²) in [5, 5.41) is 0. The third kappa shape index (κ3) is 13.3. The predicted molar refractivity (Wildman–Crippen MR) is 74.4 cm³/mol. The molecule has 0 saturated carbocycles. The zero-order valence-electron chi connectivity index (χ0n) is 11.2. The summed E-state index contributed by atoms with van der Waals surface area (Å²) in [6.45, 7) is 4.49. The molecule has 0 saturated heterocycles. The molecule has 0 aliphatic rings. The van der Waals surface area contributed by atoms with Crippen LogP contribution in [0.25, 0.3) is 0 Å². The maximum atomic E-state index is 3.21. The molecule has 0 aliphatic heterocycles. The molecule has 0 nitrogen and oxygen atoms in total. The van der Waals surface area contributed by atoms with Gasteiger partial charge in [0.15, 0.2) is 0 Å². The Morgan fingerprint density at radius 1 is 0.812 bits per heavy atom. The molecule has 0 aromatic carbocycles. The normalized spacial score (nSPS) is 10.4. The van der Waals surface area contributed by atoms with Crippen molar-refractivity contribution in [3.05, 3.63) is 12.2 Å². The molecule has 0 bridgehead atoms. The van der Waals surface area contributed by atoms with Crippen LogP contribution in [0.2, 0.25) is 0 Å². The number of hydrogen-bond donors (Lipinski definition) is 0. The van der Waals surface area contributed by atoms with E-state index in [9.17, 15) is 0 Å². The third-order valence-electron chi connectivity index (χ3n) is 2.68. The zero-order chi connectivity index (χ0) is 11.9. The smallest absolute Gasteiger partial charge is 0.00922 e. The molecule has 0 fully saturated rings. The Hall–Kier alpha value is -0.700. The van der Waals surface area contributed by atoms with Gasteiger partial charge >= 0.3 is 0 Å². The minimum absolute atomic E-state index is 1.07. The van der Waals surface area contributed by atoms with Gasteiger partial charge in [-0.05, 0) is 25.3 Å². The maximum Gasteiger partial charge on any atom is 0.00922 e. The molecule has 0 heterocycles. The Kier molecular flexibility index (Phi) is 13.7. The molecule has 0 atom stereocenters. The van der Waals surface area contributed by atoms with Gasteiger partial charge in [0.2, 0.25) is 0 Å². The van der Waals surface area contributed by atoms with E-state index < -0.39 is 0 Å². The van der Waals surface area contributed by atoms with Crippen molar-refractivity contribution in [1.29, 1.82) is 0 Å². The Balaban J connectivity index is 3.21. The van der Waals surface area contributed by atoms with Gasteiger partial charge in [0.1, 0.15) is 0 Å². The predicted octanol–water partition coefficient (Wildman–Crippen LogP) is 5.49. The monoisotopic (exact) mass is 220 g/mol. The van der Waals surface area contributed by atoms with E-state index >= 15 is 0 Å². The lowest BCUT2D eigenvalue weighted by atomic mass is 10.1. The molecular formula is C16H28. The second-order valence-corrected chi connectivity index (χ2v) is 4.38. The summed E-state index contributed by atoms with van der Waals surface area (Å²) in [4.78, 5) is 0. The number of rotatable bonds is 9. The van der Waals surface area contributed by atoms with Gasteiger partial charge in [0, 0.05) is 6.42 Å². The van der Waals surface area contributed by atoms with E-state index in [1.165, 1.54) is 57.8 Å². The summed E-state index contributed by atoms with van der Waals surface area (Å²) in [6.07, 6.45) is 17.2. The van der Waals surface area contributed by atoms with Gasteiger partial charge in [0.25, 0.3) is 0 Å². The highest BCUT2D eigenvalue weighted by Crippen LogP contribution is 2.03. The Morgan fingerprint density at radius 2 is 1.50 bits per heavy atom. The van der Waals surface area contributed by atoms with E-state index in [1.54, 1.807) is 0 Å². The van der Waals surface area contributed by atoms with Crippen LogP contribution in [0, 0.1) is 11.8 Å². The van der Waals surface area contributed by atoms with Crippen LogP contribution in [0.1, 0.15) is 78.1 Å². The quantitative estimate of drug-likeness (QED) is 0.356. The first-order chi connectivity index (χ1) is 7.91. The van der Waals surface area contributed by atoms with Crippen LogP contribution < -0.4 is 0 Å². The van der Waals surface area contributed by atoms with Crippen molar-refractivity contribution in [2.45, 2.75) is 78.1 Å². The van der Waals surface area contributed by atoms with Crippen molar-refractivity contribution in [1.82, 2.24) is 0 Å². The SMILES string of the molecule is CCCCCCC#C/C=C/CCCCCC. The van der Waals surface area contributed by atoms with Gasteiger partial charge in [-0.2, -0.15) is 0 Å². The number of hydrogen-bond acceptors (Lipinski definition) is 0. The lowest BCUT2D eigenvalue weighted by Gasteiger charge is -1.92. The average molecular weight is 220 g/mol. The summed E-state index contributed by atoms with van der Waals surface area (Å²) in [6, 6.07) is 0. The van der Waals surface area contributed by atoms with Gasteiger partial charge in [-0.25, -0.2) is 0 Å². The fraction of sp³-hybridized carbons (Fsp3) is 0.750. The molecule has 0 aromatic rings. The standard InChI is InChI=1S/C16H28/c1-3-5-7-9-11-13-15-16-14-12-10-8-6-4-2/h13,15H,3-12H2,1-2H3/b15-13+. The maximum absolute atomic E-state index is 3.21. The van der Waals surface area contributed by atoms with Crippen LogP contribution in [-0.2, 0) is 0 Å². The van der Waals surface area contributed by atoms with Crippen LogP contribution in [0.3, 0.4) is 0 Å². The Labute approximate surface area is 103 Å². The van der Waals surface area contributed by atoms with Gasteiger partial charge in [-0.15, -0.1) is 0 Å². The van der Waals surface area contributed by atoms with Gasteiger partial charge in [0.05, 0.1) is 0 Å². The topological polar surface area (TPSA) is 0 Å². The summed E-state index contributed by atoms with van der Waals surface area (Å²) < 4.78 is 0. The van der Waals surface area contributed by atoms with E-state index in [1.807, 2.05) is 6.08 Å². The van der Waals surface area contributed by atoms with Gasteiger partial charge in [-0.1, -0.05) is 70.3 Å². The van der Waals surface area contributed by atoms with Crippen molar-refractivity contribution in [2.75, 3.05) is 0 Å². The molecule has 0 N–H and O–H groups in total. The fourth-order valence-electron chi connectivity index (χ4n) is 1.60. The number of unbranched alkanes of at least 4 members (excludes halogenated alkanes) is 8. The van der Waals surface area contributed by atoms with E-state index in [0.717, 1.165) is 6.42 Å². The molecule has 92 valence electrons. The van der Waals surface area contributed by atoms with E-state index in [-0.39, 0.29) is 0 Å². The highest BCUT2D eigenvalue weighted by atomic mass is 13.9. The summed E-state index contributed by atoms with van der Waals surface area (Å²) >= 11 is 0. The lowest BCUT2D eigenvalue weighted by molar-refractivity contribution is 0.674. The van der Waals surface area contributed by atoms with Crippen molar-refractivity contribution in [2.24, 2.45) is 0 Å². The van der Waals surface area contributed by atoms with Crippen molar-refractivity contribution >= 4 is 0 Å². The largest absolute Gasteiger partial charge is 0.0985 e. The first-order valence-electron chi connectivity index (χ1n) is 7.05. The zero-order valence-corrected chi connectivity index (χ0v) is 11.2. The minimum Gasteiger partial charge on any atom is -0.0985 e. The average Bonchev–Trinajstić information content (AvgIpc) is 2.31. The Morgan fingerprint density at radius 3 is 2.19 bits per heavy atom. The molecule has 16 heavy (non-hydrogen) atoms. The lowest BCUT2D eigenvalue weighted by Crippen LogP contribution is -1.74. The molecule has 0 radical (unpaired) electrons. The first-order valence-corrected chi connectivity index (χ1v) is 7.05. The van der Waals surface area contributed by atoms with Crippen LogP contribution in [0.4, 0.5) is 0 Å². The molecule has 0 spiro atoms. The summed E-state index contributed by atoms with van der Waals surface area (Å²) in [5.74, 6) is 6.33. The summed E-state index contributed by atoms with van der Waals surface area (Å²) in [5.41, 5.74) is 0. The van der Waals surface area contributed by atoms with E-state index in [2.05, 4.69) is 31.8 Å².